The molecule has 0 saturated carbocycles. The molecule has 24 heavy (non-hydrogen) atoms. The number of azo groups is 1. The van der Waals surface area contributed by atoms with Crippen LogP contribution in [0.3, 0.4) is 0 Å². The zero-order chi connectivity index (χ0) is 19.4. The summed E-state index contributed by atoms with van der Waals surface area (Å²) < 4.78 is 0. The number of carbonyl (C=O) groups excluding carboxylic acids is 2. The molecule has 0 heterocycles. The molecule has 0 aliphatic heterocycles. The molecule has 0 aromatic rings. The Kier molecular flexibility index (Phi) is 7.08. The Hall–Kier alpha value is -1.54. The third-order valence-electron chi connectivity index (χ3n) is 4.05. The number of nitrogens with two attached hydrogens (primary N) is 2. The third kappa shape index (κ3) is 6.16. The minimum Gasteiger partial charge on any atom is -0.396 e. The van der Waals surface area contributed by atoms with E-state index in [4.69, 9.17) is 11.5 Å². The maximum Gasteiger partial charge on any atom is 0.246 e. The van der Waals surface area contributed by atoms with Crippen LogP contribution >= 0.6 is 0 Å². The van der Waals surface area contributed by atoms with Gasteiger partial charge in [0, 0.05) is 13.2 Å². The Morgan fingerprint density at radius 3 is 1.17 bits per heavy atom. The SMILES string of the molecule is CC(C)(CO)CC(C)(N=NC(C)(CC(C)(C)CO)C(N)=O)C(N)=O. The molecule has 0 saturated heterocycles. The van der Waals surface area contributed by atoms with Crippen molar-refractivity contribution in [2.24, 2.45) is 32.5 Å². The van der Waals surface area contributed by atoms with E-state index >= 15 is 0 Å². The van der Waals surface area contributed by atoms with E-state index in [2.05, 4.69) is 10.2 Å². The molecule has 0 aromatic carbocycles. The van der Waals surface area contributed by atoms with Gasteiger partial charge in [-0.3, -0.25) is 9.59 Å². The van der Waals surface area contributed by atoms with Crippen LogP contribution in [0, 0.1) is 10.8 Å². The highest BCUT2D eigenvalue weighted by Crippen LogP contribution is 2.34. The second-order valence-corrected chi connectivity index (χ2v) is 8.47. The van der Waals surface area contributed by atoms with Gasteiger partial charge in [-0.05, 0) is 37.5 Å². The minimum atomic E-state index is -1.38. The molecular formula is C16H32N4O4. The van der Waals surface area contributed by atoms with Gasteiger partial charge in [0.15, 0.2) is 11.1 Å². The average Bonchev–Trinajstić information content (AvgIpc) is 2.44. The Labute approximate surface area is 143 Å². The molecule has 140 valence electrons. The second kappa shape index (κ2) is 7.57. The standard InChI is InChI=1S/C16H32N4O4/c1-13(2,9-21)7-15(5,11(17)23)19-20-16(6,12(18)24)8-14(3,4)10-22/h21-22H,7-10H2,1-6H3,(H2,17,23)(H2,18,24). The average molecular weight is 344 g/mol. The molecule has 0 spiro atoms. The topological polar surface area (TPSA) is 151 Å². The molecule has 2 atom stereocenters. The number of primary amides is 2. The smallest absolute Gasteiger partial charge is 0.246 e. The van der Waals surface area contributed by atoms with Crippen molar-refractivity contribution in [2.45, 2.75) is 65.5 Å². The number of carbonyl (C=O) groups is 2. The molecule has 0 fully saturated rings. The minimum absolute atomic E-state index is 0.157. The quantitative estimate of drug-likeness (QED) is 0.432. The van der Waals surface area contributed by atoms with Crippen molar-refractivity contribution in [3.8, 4) is 0 Å². The molecule has 2 unspecified atom stereocenters. The van der Waals surface area contributed by atoms with Crippen molar-refractivity contribution in [1.29, 1.82) is 0 Å². The van der Waals surface area contributed by atoms with E-state index in [1.54, 1.807) is 27.7 Å². The van der Waals surface area contributed by atoms with E-state index in [0.717, 1.165) is 0 Å². The van der Waals surface area contributed by atoms with Crippen LogP contribution in [-0.4, -0.2) is 46.3 Å². The monoisotopic (exact) mass is 344 g/mol. The first kappa shape index (κ1) is 22.5. The summed E-state index contributed by atoms with van der Waals surface area (Å²) in [6.45, 7) is 9.78. The van der Waals surface area contributed by atoms with Crippen LogP contribution < -0.4 is 11.5 Å². The second-order valence-electron chi connectivity index (χ2n) is 8.47. The van der Waals surface area contributed by atoms with Crippen molar-refractivity contribution in [3.05, 3.63) is 0 Å². The Morgan fingerprint density at radius 1 is 0.750 bits per heavy atom. The number of amides is 2. The lowest BCUT2D eigenvalue weighted by Gasteiger charge is -2.33. The summed E-state index contributed by atoms with van der Waals surface area (Å²) in [5, 5.41) is 26.9. The fourth-order valence-corrected chi connectivity index (χ4v) is 2.54. The van der Waals surface area contributed by atoms with Gasteiger partial charge in [-0.15, -0.1) is 0 Å². The van der Waals surface area contributed by atoms with E-state index in [-0.39, 0.29) is 26.1 Å². The molecule has 8 nitrogen and oxygen atoms in total. The summed E-state index contributed by atoms with van der Waals surface area (Å²) >= 11 is 0. The van der Waals surface area contributed by atoms with E-state index in [1.807, 2.05) is 0 Å². The first-order valence-corrected chi connectivity index (χ1v) is 7.89. The summed E-state index contributed by atoms with van der Waals surface area (Å²) in [6.07, 6.45) is 0.321. The maximum absolute atomic E-state index is 11.9. The van der Waals surface area contributed by atoms with E-state index in [1.165, 1.54) is 13.8 Å². The predicted octanol–water partition coefficient (Wildman–Crippen LogP) is 0.744. The molecule has 0 bridgehead atoms. The van der Waals surface area contributed by atoms with Gasteiger partial charge < -0.3 is 21.7 Å². The van der Waals surface area contributed by atoms with Gasteiger partial charge >= 0.3 is 0 Å². The Bertz CT molecular complexity index is 460. The molecule has 0 aromatic heterocycles. The van der Waals surface area contributed by atoms with Crippen molar-refractivity contribution in [1.82, 2.24) is 0 Å². The Morgan fingerprint density at radius 2 is 1.00 bits per heavy atom. The van der Waals surface area contributed by atoms with Crippen molar-refractivity contribution < 1.29 is 19.8 Å². The van der Waals surface area contributed by atoms with Crippen LogP contribution in [-0.2, 0) is 9.59 Å². The van der Waals surface area contributed by atoms with Crippen LogP contribution in [0.25, 0.3) is 0 Å². The van der Waals surface area contributed by atoms with Gasteiger partial charge in [-0.25, -0.2) is 0 Å². The lowest BCUT2D eigenvalue weighted by molar-refractivity contribution is -0.126. The number of aliphatic hydroxyl groups is 2. The molecule has 2 amide bonds. The van der Waals surface area contributed by atoms with Crippen LogP contribution in [0.5, 0.6) is 0 Å². The highest BCUT2D eigenvalue weighted by Gasteiger charge is 2.41. The number of rotatable bonds is 10. The zero-order valence-corrected chi connectivity index (χ0v) is 15.6. The van der Waals surface area contributed by atoms with Crippen LogP contribution in [0.15, 0.2) is 10.2 Å². The lowest BCUT2D eigenvalue weighted by atomic mass is 9.79. The van der Waals surface area contributed by atoms with Crippen LogP contribution in [0.1, 0.15) is 54.4 Å². The molecule has 0 aliphatic rings. The molecule has 0 aliphatic carbocycles. The van der Waals surface area contributed by atoms with Gasteiger partial charge in [-0.2, -0.15) is 10.2 Å². The van der Waals surface area contributed by atoms with Crippen molar-refractivity contribution >= 4 is 11.8 Å². The first-order valence-electron chi connectivity index (χ1n) is 7.89. The Balaban J connectivity index is 5.72. The summed E-state index contributed by atoms with van der Waals surface area (Å²) in [5.74, 6) is -1.41. The highest BCUT2D eigenvalue weighted by atomic mass is 16.3. The van der Waals surface area contributed by atoms with Crippen LogP contribution in [0.2, 0.25) is 0 Å². The number of hydrogen-bond donors (Lipinski definition) is 4. The van der Waals surface area contributed by atoms with E-state index < -0.39 is 33.7 Å². The number of aliphatic hydroxyl groups excluding tert-OH is 2. The lowest BCUT2D eigenvalue weighted by Crippen LogP contribution is -2.46. The highest BCUT2D eigenvalue weighted by molar-refractivity contribution is 5.85. The van der Waals surface area contributed by atoms with Crippen molar-refractivity contribution in [2.75, 3.05) is 13.2 Å². The summed E-state index contributed by atoms with van der Waals surface area (Å²) in [6, 6.07) is 0. The molecular weight excluding hydrogens is 312 g/mol. The zero-order valence-electron chi connectivity index (χ0n) is 15.6. The normalized spacial score (nSPS) is 18.2. The molecule has 8 heteroatoms. The molecule has 0 rings (SSSR count). The molecule has 0 radical (unpaired) electrons. The van der Waals surface area contributed by atoms with Gasteiger partial charge in [-0.1, -0.05) is 27.7 Å². The van der Waals surface area contributed by atoms with Gasteiger partial charge in [0.2, 0.25) is 11.8 Å². The van der Waals surface area contributed by atoms with Crippen LogP contribution in [0.4, 0.5) is 0 Å². The predicted molar refractivity (Wildman–Crippen MR) is 91.0 cm³/mol. The van der Waals surface area contributed by atoms with Gasteiger partial charge in [0.25, 0.3) is 0 Å². The van der Waals surface area contributed by atoms with Gasteiger partial charge in [0.05, 0.1) is 0 Å². The van der Waals surface area contributed by atoms with E-state index in [9.17, 15) is 19.8 Å². The summed E-state index contributed by atoms with van der Waals surface area (Å²) in [5.41, 5.74) is 6.96. The summed E-state index contributed by atoms with van der Waals surface area (Å²) in [7, 11) is 0. The summed E-state index contributed by atoms with van der Waals surface area (Å²) in [4.78, 5) is 23.7. The number of hydrogen-bond acceptors (Lipinski definition) is 6. The van der Waals surface area contributed by atoms with E-state index in [0.29, 0.717) is 0 Å². The van der Waals surface area contributed by atoms with Crippen molar-refractivity contribution in [3.63, 3.8) is 0 Å². The number of nitrogens with zero attached hydrogens (tertiary/aromatic N) is 2. The fraction of sp³-hybridized carbons (Fsp3) is 0.875. The maximum atomic E-state index is 11.9. The van der Waals surface area contributed by atoms with Gasteiger partial charge in [0.1, 0.15) is 0 Å². The largest absolute Gasteiger partial charge is 0.396 e. The first-order chi connectivity index (χ1) is 10.6. The molecule has 6 N–H and O–H groups in total. The fourth-order valence-electron chi connectivity index (χ4n) is 2.54. The third-order valence-corrected chi connectivity index (χ3v) is 4.05.